The third kappa shape index (κ3) is 4.42. The van der Waals surface area contributed by atoms with Gasteiger partial charge in [-0.25, -0.2) is 0 Å². The molecule has 2 heteroatoms. The van der Waals surface area contributed by atoms with Crippen LogP contribution in [-0.4, -0.2) is 6.04 Å². The predicted molar refractivity (Wildman–Crippen MR) is 84.9 cm³/mol. The van der Waals surface area contributed by atoms with Crippen molar-refractivity contribution in [2.24, 2.45) is 11.3 Å². The highest BCUT2D eigenvalue weighted by Crippen LogP contribution is 2.37. The molecular weight excluding hydrogens is 254 g/mol. The molecule has 1 aromatic carbocycles. The lowest BCUT2D eigenvalue weighted by Gasteiger charge is -2.29. The zero-order valence-electron chi connectivity index (χ0n) is 12.4. The van der Waals surface area contributed by atoms with E-state index in [9.17, 15) is 0 Å². The van der Waals surface area contributed by atoms with E-state index in [1.807, 2.05) is 12.1 Å². The first kappa shape index (κ1) is 14.7. The van der Waals surface area contributed by atoms with Gasteiger partial charge in [0.1, 0.15) is 0 Å². The van der Waals surface area contributed by atoms with Gasteiger partial charge < -0.3 is 5.32 Å². The molecule has 19 heavy (non-hydrogen) atoms. The Bertz CT molecular complexity index is 391. The molecule has 0 aliphatic heterocycles. The van der Waals surface area contributed by atoms with Crippen molar-refractivity contribution in [3.05, 3.63) is 29.3 Å². The summed E-state index contributed by atoms with van der Waals surface area (Å²) in [7, 11) is 0. The van der Waals surface area contributed by atoms with Gasteiger partial charge in [0.25, 0.3) is 0 Å². The molecule has 0 amide bonds. The molecule has 1 aliphatic carbocycles. The minimum Gasteiger partial charge on any atom is -0.382 e. The highest BCUT2D eigenvalue weighted by Gasteiger charge is 2.27. The fraction of sp³-hybridized carbons (Fsp3) is 0.647. The van der Waals surface area contributed by atoms with Gasteiger partial charge in [0.05, 0.1) is 0 Å². The molecule has 2 atom stereocenters. The Morgan fingerprint density at radius 2 is 1.68 bits per heavy atom. The third-order valence-electron chi connectivity index (χ3n) is 4.41. The van der Waals surface area contributed by atoms with Crippen LogP contribution in [0.1, 0.15) is 52.9 Å². The molecular formula is C17H26ClN. The van der Waals surface area contributed by atoms with Gasteiger partial charge >= 0.3 is 0 Å². The van der Waals surface area contributed by atoms with E-state index in [1.165, 1.54) is 37.8 Å². The van der Waals surface area contributed by atoms with E-state index in [2.05, 4.69) is 38.2 Å². The first-order valence-corrected chi connectivity index (χ1v) is 7.85. The number of benzene rings is 1. The zero-order valence-corrected chi connectivity index (χ0v) is 13.1. The number of hydrogen-bond donors (Lipinski definition) is 1. The van der Waals surface area contributed by atoms with Gasteiger partial charge in [0.15, 0.2) is 0 Å². The fourth-order valence-electron chi connectivity index (χ4n) is 3.09. The van der Waals surface area contributed by atoms with Crippen LogP contribution < -0.4 is 5.32 Å². The summed E-state index contributed by atoms with van der Waals surface area (Å²) >= 11 is 5.92. The van der Waals surface area contributed by atoms with Gasteiger partial charge in [-0.2, -0.15) is 0 Å². The van der Waals surface area contributed by atoms with Gasteiger partial charge in [0.2, 0.25) is 0 Å². The Hall–Kier alpha value is -0.690. The lowest BCUT2D eigenvalue weighted by molar-refractivity contribution is 0.214. The van der Waals surface area contributed by atoms with E-state index in [1.54, 1.807) is 0 Å². The first-order valence-electron chi connectivity index (χ1n) is 7.47. The summed E-state index contributed by atoms with van der Waals surface area (Å²) in [5.41, 5.74) is 1.65. The maximum atomic E-state index is 5.92. The zero-order chi connectivity index (χ0) is 13.9. The largest absolute Gasteiger partial charge is 0.382 e. The van der Waals surface area contributed by atoms with E-state index in [4.69, 9.17) is 11.6 Å². The minimum absolute atomic E-state index is 0.454. The molecule has 0 heterocycles. The lowest BCUT2D eigenvalue weighted by Crippen LogP contribution is -2.21. The Balaban J connectivity index is 1.91. The molecule has 1 nitrogen and oxygen atoms in total. The van der Waals surface area contributed by atoms with Gasteiger partial charge in [-0.1, -0.05) is 38.8 Å². The van der Waals surface area contributed by atoms with E-state index in [-0.39, 0.29) is 0 Å². The molecule has 1 aliphatic rings. The summed E-state index contributed by atoms with van der Waals surface area (Å²) in [6.45, 7) is 7.14. The summed E-state index contributed by atoms with van der Waals surface area (Å²) in [5.74, 6) is 0.865. The van der Waals surface area contributed by atoms with Crippen molar-refractivity contribution in [2.45, 2.75) is 58.9 Å². The monoisotopic (exact) mass is 279 g/mol. The van der Waals surface area contributed by atoms with Crippen LogP contribution in [0.25, 0.3) is 0 Å². The molecule has 0 spiro atoms. The highest BCUT2D eigenvalue weighted by atomic mass is 35.5. The molecule has 0 radical (unpaired) electrons. The topological polar surface area (TPSA) is 12.0 Å². The average molecular weight is 280 g/mol. The van der Waals surface area contributed by atoms with E-state index < -0.39 is 0 Å². The summed E-state index contributed by atoms with van der Waals surface area (Å²) in [5, 5.41) is 4.47. The average Bonchev–Trinajstić information content (AvgIpc) is 2.57. The van der Waals surface area contributed by atoms with Crippen LogP contribution in [0.15, 0.2) is 24.3 Å². The molecule has 1 fully saturated rings. The molecule has 0 bridgehead atoms. The van der Waals surface area contributed by atoms with Crippen molar-refractivity contribution >= 4 is 17.3 Å². The van der Waals surface area contributed by atoms with E-state index in [0.717, 1.165) is 10.9 Å². The number of halogens is 1. The van der Waals surface area contributed by atoms with E-state index in [0.29, 0.717) is 11.5 Å². The van der Waals surface area contributed by atoms with Crippen LogP contribution in [0.2, 0.25) is 5.02 Å². The molecule has 0 saturated heterocycles. The van der Waals surface area contributed by atoms with Gasteiger partial charge in [-0.3, -0.25) is 0 Å². The number of hydrogen-bond acceptors (Lipinski definition) is 1. The summed E-state index contributed by atoms with van der Waals surface area (Å²) in [6.07, 6.45) is 6.63. The lowest BCUT2D eigenvalue weighted by atomic mass is 9.76. The molecule has 1 aromatic rings. The van der Waals surface area contributed by atoms with Crippen LogP contribution in [0, 0.1) is 11.3 Å². The Labute approximate surface area is 122 Å². The summed E-state index contributed by atoms with van der Waals surface area (Å²) in [4.78, 5) is 0. The Morgan fingerprint density at radius 3 is 2.32 bits per heavy atom. The first-order chi connectivity index (χ1) is 8.95. The normalized spacial score (nSPS) is 24.8. The molecule has 2 unspecified atom stereocenters. The minimum atomic E-state index is 0.454. The van der Waals surface area contributed by atoms with Gasteiger partial charge in [-0.15, -0.1) is 0 Å². The summed E-state index contributed by atoms with van der Waals surface area (Å²) in [6, 6.07) is 8.69. The Kier molecular flexibility index (Phi) is 4.78. The van der Waals surface area contributed by atoms with Gasteiger partial charge in [0, 0.05) is 16.8 Å². The van der Waals surface area contributed by atoms with Crippen molar-refractivity contribution in [1.29, 1.82) is 0 Å². The van der Waals surface area contributed by atoms with Crippen molar-refractivity contribution in [1.82, 2.24) is 0 Å². The number of anilines is 1. The number of nitrogens with one attached hydrogen (secondary N) is 1. The molecule has 1 saturated carbocycles. The van der Waals surface area contributed by atoms with Crippen molar-refractivity contribution < 1.29 is 0 Å². The van der Waals surface area contributed by atoms with Crippen molar-refractivity contribution in [3.8, 4) is 0 Å². The second-order valence-electron chi connectivity index (χ2n) is 6.92. The van der Waals surface area contributed by atoms with Crippen LogP contribution >= 0.6 is 11.6 Å². The van der Waals surface area contributed by atoms with Crippen molar-refractivity contribution in [3.63, 3.8) is 0 Å². The second kappa shape index (κ2) is 6.17. The van der Waals surface area contributed by atoms with Crippen LogP contribution in [0.4, 0.5) is 5.69 Å². The van der Waals surface area contributed by atoms with E-state index >= 15 is 0 Å². The number of rotatable bonds is 2. The van der Waals surface area contributed by atoms with Crippen molar-refractivity contribution in [2.75, 3.05) is 5.32 Å². The Morgan fingerprint density at radius 1 is 1.00 bits per heavy atom. The van der Waals surface area contributed by atoms with Gasteiger partial charge in [-0.05, 0) is 61.3 Å². The molecule has 106 valence electrons. The third-order valence-corrected chi connectivity index (χ3v) is 4.66. The molecule has 0 aromatic heterocycles. The quantitative estimate of drug-likeness (QED) is 0.680. The fourth-order valence-corrected chi connectivity index (χ4v) is 3.22. The highest BCUT2D eigenvalue weighted by molar-refractivity contribution is 6.30. The second-order valence-corrected chi connectivity index (χ2v) is 7.36. The van der Waals surface area contributed by atoms with Crippen LogP contribution in [0.3, 0.4) is 0 Å². The smallest absolute Gasteiger partial charge is 0.0407 e. The van der Waals surface area contributed by atoms with Crippen LogP contribution in [-0.2, 0) is 0 Å². The predicted octanol–water partition coefficient (Wildman–Crippen LogP) is 5.75. The standard InChI is InChI=1S/C17H26ClN/c1-17(2,3)13-5-4-6-15(10-7-13)19-16-11-8-14(18)9-12-16/h8-9,11-13,15,19H,4-7,10H2,1-3H3. The summed E-state index contributed by atoms with van der Waals surface area (Å²) < 4.78 is 0. The SMILES string of the molecule is CC(C)(C)C1CCCC(Nc2ccc(Cl)cc2)CC1. The molecule has 2 rings (SSSR count). The maximum absolute atomic E-state index is 5.92. The van der Waals surface area contributed by atoms with Crippen LogP contribution in [0.5, 0.6) is 0 Å². The maximum Gasteiger partial charge on any atom is 0.0407 e. The molecule has 1 N–H and O–H groups in total.